The summed E-state index contributed by atoms with van der Waals surface area (Å²) >= 11 is 1.27. The summed E-state index contributed by atoms with van der Waals surface area (Å²) in [4.78, 5) is 32.2. The van der Waals surface area contributed by atoms with Crippen molar-refractivity contribution in [3.63, 3.8) is 0 Å². The molecule has 0 aliphatic heterocycles. The minimum Gasteiger partial charge on any atom is -0.430 e. The second-order valence-corrected chi connectivity index (χ2v) is 6.60. The van der Waals surface area contributed by atoms with E-state index >= 15 is 0 Å². The van der Waals surface area contributed by atoms with E-state index in [2.05, 4.69) is 15.3 Å². The number of hydrogen-bond acceptors (Lipinski definition) is 6. The van der Waals surface area contributed by atoms with Gasteiger partial charge < -0.3 is 9.73 Å². The average molecular weight is 355 g/mol. The molecule has 0 aliphatic rings. The van der Waals surface area contributed by atoms with Crippen molar-refractivity contribution in [1.29, 1.82) is 0 Å². The average Bonchev–Trinajstić information content (AvgIpc) is 3.02. The molecule has 25 heavy (non-hydrogen) atoms. The van der Waals surface area contributed by atoms with E-state index in [1.165, 1.54) is 18.7 Å². The number of benzene rings is 1. The molecular weight excluding hydrogens is 338 g/mol. The maximum Gasteiger partial charge on any atom is 0.259 e. The first-order valence-electron chi connectivity index (χ1n) is 7.87. The number of nitrogens with zero attached hydrogens (tertiary/aromatic N) is 2. The van der Waals surface area contributed by atoms with Gasteiger partial charge in [-0.15, -0.1) is 0 Å². The highest BCUT2D eigenvalue weighted by atomic mass is 32.2. The number of anilines is 1. The number of oxazole rings is 1. The van der Waals surface area contributed by atoms with Crippen LogP contribution in [0.1, 0.15) is 30.6 Å². The third-order valence-electron chi connectivity index (χ3n) is 3.61. The monoisotopic (exact) mass is 355 g/mol. The van der Waals surface area contributed by atoms with Gasteiger partial charge in [0.2, 0.25) is 5.91 Å². The number of carbonyl (C=O) groups is 2. The lowest BCUT2D eigenvalue weighted by Gasteiger charge is -2.12. The van der Waals surface area contributed by atoms with E-state index in [1.54, 1.807) is 42.6 Å². The zero-order chi connectivity index (χ0) is 17.8. The topological polar surface area (TPSA) is 85.1 Å². The van der Waals surface area contributed by atoms with E-state index in [0.29, 0.717) is 34.1 Å². The summed E-state index contributed by atoms with van der Waals surface area (Å²) < 4.78 is 5.61. The highest BCUT2D eigenvalue weighted by Crippen LogP contribution is 2.28. The molecule has 0 saturated carbocycles. The molecule has 1 amide bonds. The molecule has 0 spiro atoms. The Morgan fingerprint density at radius 1 is 1.24 bits per heavy atom. The summed E-state index contributed by atoms with van der Waals surface area (Å²) in [5.74, 6) is -0.150. The largest absolute Gasteiger partial charge is 0.430 e. The Morgan fingerprint density at radius 3 is 2.64 bits per heavy atom. The molecule has 3 rings (SSSR count). The molecule has 6 nitrogen and oxygen atoms in total. The van der Waals surface area contributed by atoms with Crippen molar-refractivity contribution in [3.05, 3.63) is 48.2 Å². The lowest BCUT2D eigenvalue weighted by Crippen LogP contribution is -2.24. The van der Waals surface area contributed by atoms with Gasteiger partial charge in [0.25, 0.3) is 5.22 Å². The van der Waals surface area contributed by atoms with Gasteiger partial charge in [0.15, 0.2) is 17.0 Å². The quantitative estimate of drug-likeness (QED) is 0.532. The number of rotatable bonds is 6. The molecule has 0 aliphatic carbocycles. The number of ketones is 1. The van der Waals surface area contributed by atoms with Crippen LogP contribution >= 0.6 is 11.8 Å². The fraction of sp³-hybridized carbons (Fsp3) is 0.222. The molecule has 2 aromatic heterocycles. The number of thioether (sulfide) groups is 1. The number of Topliss-reactive ketones (excluding diaryl/α,β-unsaturated/α-hetero) is 1. The normalized spacial score (nSPS) is 12.1. The van der Waals surface area contributed by atoms with Gasteiger partial charge >= 0.3 is 0 Å². The molecule has 1 aromatic carbocycles. The van der Waals surface area contributed by atoms with Gasteiger partial charge in [-0.2, -0.15) is 4.98 Å². The summed E-state index contributed by atoms with van der Waals surface area (Å²) in [5.41, 5.74) is 2.38. The van der Waals surface area contributed by atoms with Gasteiger partial charge in [0.1, 0.15) is 0 Å². The van der Waals surface area contributed by atoms with Gasteiger partial charge in [-0.3, -0.25) is 9.59 Å². The predicted octanol–water partition coefficient (Wildman–Crippen LogP) is 3.93. The summed E-state index contributed by atoms with van der Waals surface area (Å²) in [6, 6.07) is 10.4. The first-order chi connectivity index (χ1) is 12.1. The first kappa shape index (κ1) is 17.2. The molecular formula is C18H17N3O3S. The number of nitrogens with one attached hydrogen (secondary N) is 1. The van der Waals surface area contributed by atoms with E-state index in [4.69, 9.17) is 4.42 Å². The van der Waals surface area contributed by atoms with Crippen molar-refractivity contribution < 1.29 is 14.0 Å². The lowest BCUT2D eigenvalue weighted by molar-refractivity contribution is -0.115. The van der Waals surface area contributed by atoms with Gasteiger partial charge in [0.05, 0.1) is 5.25 Å². The summed E-state index contributed by atoms with van der Waals surface area (Å²) in [5, 5.41) is 2.93. The minimum absolute atomic E-state index is 0.00978. The SMILES string of the molecule is CC[C@H](Sc1nc2ncccc2o1)C(=O)Nc1ccc(C(C)=O)cc1. The number of hydrogen-bond donors (Lipinski definition) is 1. The molecule has 7 heteroatoms. The standard InChI is InChI=1S/C18H17N3O3S/c1-3-15(25-18-21-16-14(24-18)5-4-10-19-16)17(23)20-13-8-6-12(7-9-13)11(2)22/h4-10,15H,3H2,1-2H3,(H,20,23)/t15-/m0/s1. The van der Waals surface area contributed by atoms with Gasteiger partial charge in [-0.25, -0.2) is 4.98 Å². The molecule has 3 aromatic rings. The Labute approximate surface area is 149 Å². The van der Waals surface area contributed by atoms with Crippen LogP contribution in [-0.4, -0.2) is 26.9 Å². The van der Waals surface area contributed by atoms with E-state index in [-0.39, 0.29) is 16.9 Å². The van der Waals surface area contributed by atoms with E-state index in [0.717, 1.165) is 0 Å². The van der Waals surface area contributed by atoms with Crippen LogP contribution in [0.5, 0.6) is 0 Å². The Morgan fingerprint density at radius 2 is 2.00 bits per heavy atom. The van der Waals surface area contributed by atoms with Crippen LogP contribution in [0.3, 0.4) is 0 Å². The molecule has 128 valence electrons. The van der Waals surface area contributed by atoms with Crippen molar-refractivity contribution >= 4 is 40.4 Å². The van der Waals surface area contributed by atoms with Crippen LogP contribution in [0.15, 0.2) is 52.2 Å². The minimum atomic E-state index is -0.347. The Bertz CT molecular complexity index is 872. The summed E-state index contributed by atoms with van der Waals surface area (Å²) in [6.07, 6.45) is 2.27. The number of amides is 1. The van der Waals surface area contributed by atoms with Crippen LogP contribution in [0, 0.1) is 0 Å². The number of carbonyl (C=O) groups excluding carboxylic acids is 2. The maximum atomic E-state index is 12.5. The Balaban J connectivity index is 1.69. The van der Waals surface area contributed by atoms with Crippen LogP contribution in [0.2, 0.25) is 0 Å². The zero-order valence-electron chi connectivity index (χ0n) is 13.9. The molecule has 1 atom stereocenters. The first-order valence-corrected chi connectivity index (χ1v) is 8.75. The number of aromatic nitrogens is 2. The van der Waals surface area contributed by atoms with Crippen molar-refractivity contribution in [2.75, 3.05) is 5.32 Å². The number of pyridine rings is 1. The van der Waals surface area contributed by atoms with Crippen molar-refractivity contribution in [3.8, 4) is 0 Å². The van der Waals surface area contributed by atoms with Crippen LogP contribution in [0.25, 0.3) is 11.2 Å². The second kappa shape index (κ2) is 7.48. The molecule has 2 heterocycles. The molecule has 0 unspecified atom stereocenters. The Hall–Kier alpha value is -2.67. The fourth-order valence-corrected chi connectivity index (χ4v) is 3.11. The maximum absolute atomic E-state index is 12.5. The van der Waals surface area contributed by atoms with Crippen LogP contribution in [0.4, 0.5) is 5.69 Å². The van der Waals surface area contributed by atoms with Crippen molar-refractivity contribution in [1.82, 2.24) is 9.97 Å². The summed E-state index contributed by atoms with van der Waals surface area (Å²) in [6.45, 7) is 3.43. The van der Waals surface area contributed by atoms with Gasteiger partial charge in [0, 0.05) is 17.4 Å². The number of fused-ring (bicyclic) bond motifs is 1. The van der Waals surface area contributed by atoms with Crippen LogP contribution < -0.4 is 5.32 Å². The molecule has 1 N–H and O–H groups in total. The van der Waals surface area contributed by atoms with Crippen molar-refractivity contribution in [2.24, 2.45) is 0 Å². The second-order valence-electron chi connectivity index (χ2n) is 5.44. The van der Waals surface area contributed by atoms with Gasteiger partial charge in [-0.05, 0) is 49.7 Å². The third kappa shape index (κ3) is 4.06. The van der Waals surface area contributed by atoms with E-state index in [9.17, 15) is 9.59 Å². The van der Waals surface area contributed by atoms with E-state index < -0.39 is 0 Å². The van der Waals surface area contributed by atoms with Crippen LogP contribution in [-0.2, 0) is 4.79 Å². The molecule has 0 radical (unpaired) electrons. The molecule has 0 fully saturated rings. The third-order valence-corrected chi connectivity index (χ3v) is 4.82. The lowest BCUT2D eigenvalue weighted by atomic mass is 10.1. The van der Waals surface area contributed by atoms with E-state index in [1.807, 2.05) is 6.92 Å². The molecule has 0 saturated heterocycles. The fourth-order valence-electron chi connectivity index (χ4n) is 2.25. The zero-order valence-corrected chi connectivity index (χ0v) is 14.7. The predicted molar refractivity (Wildman–Crippen MR) is 96.8 cm³/mol. The highest BCUT2D eigenvalue weighted by Gasteiger charge is 2.21. The summed E-state index contributed by atoms with van der Waals surface area (Å²) in [7, 11) is 0. The Kier molecular flexibility index (Phi) is 5.14. The van der Waals surface area contributed by atoms with Gasteiger partial charge in [-0.1, -0.05) is 18.7 Å². The smallest absolute Gasteiger partial charge is 0.259 e. The highest BCUT2D eigenvalue weighted by molar-refractivity contribution is 8.00. The molecule has 0 bridgehead atoms. The van der Waals surface area contributed by atoms with Crippen molar-refractivity contribution in [2.45, 2.75) is 30.7 Å².